The Morgan fingerprint density at radius 2 is 1.84 bits per heavy atom. The maximum absolute atomic E-state index is 12.8. The van der Waals surface area contributed by atoms with Gasteiger partial charge in [-0.3, -0.25) is 9.59 Å². The highest BCUT2D eigenvalue weighted by Gasteiger charge is 2.28. The van der Waals surface area contributed by atoms with Crippen molar-refractivity contribution in [2.75, 3.05) is 19.7 Å². The summed E-state index contributed by atoms with van der Waals surface area (Å²) in [6, 6.07) is 15.4. The number of nitrogens with two attached hydrogens (primary N) is 2. The van der Waals surface area contributed by atoms with Crippen molar-refractivity contribution in [1.82, 2.24) is 4.90 Å². The number of benzene rings is 2. The van der Waals surface area contributed by atoms with E-state index in [2.05, 4.69) is 0 Å². The number of amides is 2. The monoisotopic (exact) mass is 339 g/mol. The summed E-state index contributed by atoms with van der Waals surface area (Å²) in [4.78, 5) is 25.7. The van der Waals surface area contributed by atoms with Crippen LogP contribution in [0.1, 0.15) is 15.9 Å². The largest absolute Gasteiger partial charge is 0.367 e. The number of primary amides is 1. The van der Waals surface area contributed by atoms with E-state index in [1.54, 1.807) is 11.0 Å². The molecule has 3 rings (SSSR count). The fraction of sp³-hybridized carbons (Fsp3) is 0.263. The van der Waals surface area contributed by atoms with Crippen LogP contribution in [0.2, 0.25) is 0 Å². The van der Waals surface area contributed by atoms with Crippen LogP contribution in [0.5, 0.6) is 0 Å². The Labute approximate surface area is 146 Å². The van der Waals surface area contributed by atoms with Gasteiger partial charge in [-0.15, -0.1) is 0 Å². The Morgan fingerprint density at radius 3 is 2.56 bits per heavy atom. The maximum Gasteiger partial charge on any atom is 0.254 e. The molecule has 1 atom stereocenters. The second-order valence-corrected chi connectivity index (χ2v) is 6.00. The standard InChI is InChI=1S/C19H21N3O3/c20-11-13-3-1-4-14(9-13)15-5-2-6-16(10-15)19(24)22-7-8-25-17(12-22)18(21)23/h1-6,9-10,17H,7-8,11-12,20H2,(H2,21,23). The summed E-state index contributed by atoms with van der Waals surface area (Å²) < 4.78 is 5.29. The molecule has 0 aromatic heterocycles. The van der Waals surface area contributed by atoms with Crippen LogP contribution in [0.25, 0.3) is 11.1 Å². The van der Waals surface area contributed by atoms with Gasteiger partial charge in [0.1, 0.15) is 0 Å². The molecule has 0 aliphatic carbocycles. The highest BCUT2D eigenvalue weighted by Crippen LogP contribution is 2.22. The molecule has 2 amide bonds. The third-order valence-corrected chi connectivity index (χ3v) is 4.28. The van der Waals surface area contributed by atoms with Crippen molar-refractivity contribution in [3.8, 4) is 11.1 Å². The zero-order chi connectivity index (χ0) is 17.8. The van der Waals surface area contributed by atoms with E-state index in [0.717, 1.165) is 16.7 Å². The minimum Gasteiger partial charge on any atom is -0.367 e. The van der Waals surface area contributed by atoms with Gasteiger partial charge in [0.2, 0.25) is 5.91 Å². The summed E-state index contributed by atoms with van der Waals surface area (Å²) in [5, 5.41) is 0. The topological polar surface area (TPSA) is 98.7 Å². The van der Waals surface area contributed by atoms with Crippen LogP contribution < -0.4 is 11.5 Å². The van der Waals surface area contributed by atoms with E-state index in [-0.39, 0.29) is 12.5 Å². The van der Waals surface area contributed by atoms with Crippen molar-refractivity contribution in [2.24, 2.45) is 11.5 Å². The number of hydrogen-bond donors (Lipinski definition) is 2. The Balaban J connectivity index is 1.83. The van der Waals surface area contributed by atoms with Crippen LogP contribution in [0.3, 0.4) is 0 Å². The normalized spacial score (nSPS) is 17.3. The third kappa shape index (κ3) is 3.87. The van der Waals surface area contributed by atoms with Gasteiger partial charge in [0.15, 0.2) is 6.10 Å². The highest BCUT2D eigenvalue weighted by atomic mass is 16.5. The first-order valence-electron chi connectivity index (χ1n) is 8.18. The SMILES string of the molecule is NCc1cccc(-c2cccc(C(=O)N3CCOC(C(N)=O)C3)c2)c1. The van der Waals surface area contributed by atoms with E-state index in [0.29, 0.717) is 25.3 Å². The van der Waals surface area contributed by atoms with Gasteiger partial charge in [0.25, 0.3) is 5.91 Å². The first-order valence-corrected chi connectivity index (χ1v) is 8.18. The van der Waals surface area contributed by atoms with Gasteiger partial charge in [-0.05, 0) is 34.9 Å². The van der Waals surface area contributed by atoms with Crippen molar-refractivity contribution in [3.05, 3.63) is 59.7 Å². The molecule has 2 aromatic rings. The van der Waals surface area contributed by atoms with Crippen molar-refractivity contribution < 1.29 is 14.3 Å². The van der Waals surface area contributed by atoms with Gasteiger partial charge < -0.3 is 21.1 Å². The molecule has 1 aliphatic rings. The van der Waals surface area contributed by atoms with Crippen LogP contribution >= 0.6 is 0 Å². The molecular formula is C19H21N3O3. The summed E-state index contributed by atoms with van der Waals surface area (Å²) in [5.41, 5.74) is 14.5. The fourth-order valence-corrected chi connectivity index (χ4v) is 2.90. The molecule has 0 spiro atoms. The lowest BCUT2D eigenvalue weighted by Crippen LogP contribution is -2.50. The summed E-state index contributed by atoms with van der Waals surface area (Å²) >= 11 is 0. The van der Waals surface area contributed by atoms with Gasteiger partial charge in [0, 0.05) is 18.7 Å². The van der Waals surface area contributed by atoms with E-state index in [1.165, 1.54) is 0 Å². The number of hydrogen-bond acceptors (Lipinski definition) is 4. The molecule has 1 unspecified atom stereocenters. The molecule has 6 heteroatoms. The Morgan fingerprint density at radius 1 is 1.12 bits per heavy atom. The number of morpholine rings is 1. The van der Waals surface area contributed by atoms with Crippen molar-refractivity contribution in [2.45, 2.75) is 12.6 Å². The lowest BCUT2D eigenvalue weighted by Gasteiger charge is -2.31. The Kier molecular flexibility index (Phi) is 5.11. The molecular weight excluding hydrogens is 318 g/mol. The second kappa shape index (κ2) is 7.46. The second-order valence-electron chi connectivity index (χ2n) is 6.00. The van der Waals surface area contributed by atoms with Crippen LogP contribution in [0.4, 0.5) is 0 Å². The molecule has 0 saturated carbocycles. The van der Waals surface area contributed by atoms with Gasteiger partial charge in [-0.25, -0.2) is 0 Å². The quantitative estimate of drug-likeness (QED) is 0.872. The number of rotatable bonds is 4. The highest BCUT2D eigenvalue weighted by molar-refractivity contribution is 5.96. The van der Waals surface area contributed by atoms with Crippen LogP contribution in [0.15, 0.2) is 48.5 Å². The first kappa shape index (κ1) is 17.1. The molecule has 0 bridgehead atoms. The van der Waals surface area contributed by atoms with Crippen LogP contribution in [-0.2, 0) is 16.1 Å². The van der Waals surface area contributed by atoms with Gasteiger partial charge >= 0.3 is 0 Å². The molecule has 1 heterocycles. The average Bonchev–Trinajstić information content (AvgIpc) is 2.67. The molecule has 0 radical (unpaired) electrons. The van der Waals surface area contributed by atoms with E-state index >= 15 is 0 Å². The van der Waals surface area contributed by atoms with Gasteiger partial charge in [-0.2, -0.15) is 0 Å². The number of carbonyl (C=O) groups excluding carboxylic acids is 2. The lowest BCUT2D eigenvalue weighted by atomic mass is 10.0. The van der Waals surface area contributed by atoms with Gasteiger partial charge in [-0.1, -0.05) is 30.3 Å². The van der Waals surface area contributed by atoms with E-state index in [1.807, 2.05) is 42.5 Å². The van der Waals surface area contributed by atoms with Crippen LogP contribution in [0, 0.1) is 0 Å². The summed E-state index contributed by atoms with van der Waals surface area (Å²) in [7, 11) is 0. The average molecular weight is 339 g/mol. The smallest absolute Gasteiger partial charge is 0.254 e. The molecule has 1 fully saturated rings. The fourth-order valence-electron chi connectivity index (χ4n) is 2.90. The predicted octanol–water partition coefficient (Wildman–Crippen LogP) is 1.14. The van der Waals surface area contributed by atoms with E-state index in [4.69, 9.17) is 16.2 Å². The maximum atomic E-state index is 12.8. The minimum atomic E-state index is -0.748. The van der Waals surface area contributed by atoms with Gasteiger partial charge in [0.05, 0.1) is 13.2 Å². The Hall–Kier alpha value is -2.70. The van der Waals surface area contributed by atoms with Crippen molar-refractivity contribution in [1.29, 1.82) is 0 Å². The van der Waals surface area contributed by atoms with Crippen molar-refractivity contribution >= 4 is 11.8 Å². The third-order valence-electron chi connectivity index (χ3n) is 4.28. The molecule has 1 aliphatic heterocycles. The molecule has 25 heavy (non-hydrogen) atoms. The van der Waals surface area contributed by atoms with Crippen molar-refractivity contribution in [3.63, 3.8) is 0 Å². The predicted molar refractivity (Wildman–Crippen MR) is 94.6 cm³/mol. The zero-order valence-electron chi connectivity index (χ0n) is 13.9. The number of carbonyl (C=O) groups is 2. The molecule has 130 valence electrons. The van der Waals surface area contributed by atoms with Crippen LogP contribution in [-0.4, -0.2) is 42.5 Å². The first-order chi connectivity index (χ1) is 12.1. The molecule has 1 saturated heterocycles. The Bertz CT molecular complexity index is 791. The summed E-state index contributed by atoms with van der Waals surface area (Å²) in [6.45, 7) is 1.39. The summed E-state index contributed by atoms with van der Waals surface area (Å²) in [6.07, 6.45) is -0.748. The molecule has 6 nitrogen and oxygen atoms in total. The molecule has 2 aromatic carbocycles. The molecule has 4 N–H and O–H groups in total. The zero-order valence-corrected chi connectivity index (χ0v) is 13.9. The van der Waals surface area contributed by atoms with E-state index < -0.39 is 12.0 Å². The minimum absolute atomic E-state index is 0.133. The number of nitrogens with zero attached hydrogens (tertiary/aromatic N) is 1. The van der Waals surface area contributed by atoms with E-state index in [9.17, 15) is 9.59 Å². The number of ether oxygens (including phenoxy) is 1. The summed E-state index contributed by atoms with van der Waals surface area (Å²) in [5.74, 6) is -0.684. The lowest BCUT2D eigenvalue weighted by molar-refractivity contribution is -0.133.